The van der Waals surface area contributed by atoms with Crippen molar-refractivity contribution in [3.05, 3.63) is 0 Å². The maximum absolute atomic E-state index is 11.6. The fraction of sp³-hybridized carbons (Fsp3) is 0.909. The van der Waals surface area contributed by atoms with Crippen molar-refractivity contribution in [2.45, 2.75) is 45.6 Å². The summed E-state index contributed by atoms with van der Waals surface area (Å²) >= 11 is 0. The van der Waals surface area contributed by atoms with Gasteiger partial charge in [0.05, 0.1) is 5.60 Å². The van der Waals surface area contributed by atoms with Crippen LogP contribution < -0.4 is 11.1 Å². The highest BCUT2D eigenvalue weighted by Crippen LogP contribution is 2.10. The lowest BCUT2D eigenvalue weighted by molar-refractivity contribution is -0.126. The highest BCUT2D eigenvalue weighted by molar-refractivity contribution is 5.78. The zero-order chi connectivity index (χ0) is 11.9. The van der Waals surface area contributed by atoms with Gasteiger partial charge in [0.1, 0.15) is 0 Å². The van der Waals surface area contributed by atoms with E-state index >= 15 is 0 Å². The van der Waals surface area contributed by atoms with Gasteiger partial charge in [-0.3, -0.25) is 4.79 Å². The Hall–Kier alpha value is -0.610. The Labute approximate surface area is 92.2 Å². The molecular formula is C11H24N2O2. The normalized spacial score (nSPS) is 16.9. The molecule has 0 bridgehead atoms. The number of hydrogen-bond donors (Lipinski definition) is 3. The molecule has 2 unspecified atom stereocenters. The maximum Gasteiger partial charge on any atom is 0.224 e. The minimum absolute atomic E-state index is 0.0589. The maximum atomic E-state index is 11.6. The van der Waals surface area contributed by atoms with Crippen LogP contribution in [0.3, 0.4) is 0 Å². The average molecular weight is 216 g/mol. The summed E-state index contributed by atoms with van der Waals surface area (Å²) in [5.74, 6) is -0.196. The van der Waals surface area contributed by atoms with Gasteiger partial charge in [0.25, 0.3) is 0 Å². The minimum Gasteiger partial charge on any atom is -0.388 e. The number of nitrogens with two attached hydrogens (primary N) is 1. The minimum atomic E-state index is -0.808. The summed E-state index contributed by atoms with van der Waals surface area (Å²) in [7, 11) is 0. The van der Waals surface area contributed by atoms with E-state index in [4.69, 9.17) is 5.73 Å². The third-order valence-corrected chi connectivity index (χ3v) is 2.58. The van der Waals surface area contributed by atoms with Crippen LogP contribution in [0, 0.1) is 5.92 Å². The van der Waals surface area contributed by atoms with E-state index in [0.717, 1.165) is 12.8 Å². The van der Waals surface area contributed by atoms with Crippen molar-refractivity contribution in [2.75, 3.05) is 13.1 Å². The Bertz CT molecular complexity index is 189. The van der Waals surface area contributed by atoms with E-state index in [1.54, 1.807) is 6.92 Å². The van der Waals surface area contributed by atoms with Crippen LogP contribution in [0.4, 0.5) is 0 Å². The molecule has 4 heteroatoms. The Balaban J connectivity index is 3.98. The van der Waals surface area contributed by atoms with Crippen LogP contribution in [0.15, 0.2) is 0 Å². The third kappa shape index (κ3) is 5.74. The van der Waals surface area contributed by atoms with Crippen molar-refractivity contribution < 1.29 is 9.90 Å². The summed E-state index contributed by atoms with van der Waals surface area (Å²) in [6.07, 6.45) is 2.32. The van der Waals surface area contributed by atoms with Gasteiger partial charge in [-0.1, -0.05) is 20.3 Å². The molecule has 0 heterocycles. The van der Waals surface area contributed by atoms with E-state index in [2.05, 4.69) is 5.32 Å². The smallest absolute Gasteiger partial charge is 0.224 e. The monoisotopic (exact) mass is 216 g/mol. The van der Waals surface area contributed by atoms with Crippen LogP contribution in [0.5, 0.6) is 0 Å². The van der Waals surface area contributed by atoms with Crippen molar-refractivity contribution in [1.82, 2.24) is 5.32 Å². The number of amides is 1. The molecule has 90 valence electrons. The van der Waals surface area contributed by atoms with Crippen LogP contribution in [0.25, 0.3) is 0 Å². The van der Waals surface area contributed by atoms with Crippen LogP contribution in [-0.4, -0.2) is 29.7 Å². The summed E-state index contributed by atoms with van der Waals surface area (Å²) < 4.78 is 0. The topological polar surface area (TPSA) is 75.3 Å². The summed E-state index contributed by atoms with van der Waals surface area (Å²) in [6, 6.07) is 0. The van der Waals surface area contributed by atoms with E-state index in [0.29, 0.717) is 19.5 Å². The van der Waals surface area contributed by atoms with Crippen LogP contribution >= 0.6 is 0 Å². The van der Waals surface area contributed by atoms with Gasteiger partial charge in [-0.2, -0.15) is 0 Å². The first-order chi connectivity index (χ1) is 6.96. The third-order valence-electron chi connectivity index (χ3n) is 2.58. The number of carbonyl (C=O) groups is 1. The largest absolute Gasteiger partial charge is 0.388 e. The molecule has 1 amide bonds. The SMILES string of the molecule is CCCC(C)(O)CNC(=O)C(CC)CN. The van der Waals surface area contributed by atoms with E-state index < -0.39 is 5.60 Å². The molecule has 0 fully saturated rings. The molecule has 0 radical (unpaired) electrons. The van der Waals surface area contributed by atoms with Gasteiger partial charge < -0.3 is 16.2 Å². The van der Waals surface area contributed by atoms with E-state index in [1.807, 2.05) is 13.8 Å². The van der Waals surface area contributed by atoms with Gasteiger partial charge in [-0.15, -0.1) is 0 Å². The number of nitrogens with one attached hydrogen (secondary N) is 1. The molecular weight excluding hydrogens is 192 g/mol. The molecule has 0 aliphatic rings. The second-order valence-electron chi connectivity index (χ2n) is 4.31. The zero-order valence-corrected chi connectivity index (χ0v) is 10.0. The Morgan fingerprint density at radius 3 is 2.53 bits per heavy atom. The van der Waals surface area contributed by atoms with Gasteiger partial charge in [-0.05, 0) is 19.8 Å². The van der Waals surface area contributed by atoms with Crippen molar-refractivity contribution in [3.63, 3.8) is 0 Å². The summed E-state index contributed by atoms with van der Waals surface area (Å²) in [4.78, 5) is 11.6. The standard InChI is InChI=1S/C11H24N2O2/c1-4-6-11(3,15)8-13-10(14)9(5-2)7-12/h9,15H,4-8,12H2,1-3H3,(H,13,14). The Morgan fingerprint density at radius 1 is 1.53 bits per heavy atom. The lowest BCUT2D eigenvalue weighted by Gasteiger charge is -2.24. The van der Waals surface area contributed by atoms with Crippen LogP contribution in [0.2, 0.25) is 0 Å². The van der Waals surface area contributed by atoms with Gasteiger partial charge in [0.15, 0.2) is 0 Å². The molecule has 4 nitrogen and oxygen atoms in total. The molecule has 0 aromatic heterocycles. The molecule has 0 aromatic carbocycles. The Morgan fingerprint density at radius 2 is 2.13 bits per heavy atom. The first-order valence-electron chi connectivity index (χ1n) is 5.67. The molecule has 0 saturated carbocycles. The average Bonchev–Trinajstić information content (AvgIpc) is 2.17. The van der Waals surface area contributed by atoms with Gasteiger partial charge >= 0.3 is 0 Å². The predicted octanol–water partition coefficient (Wildman–Crippen LogP) is 0.639. The Kier molecular flexibility index (Phi) is 6.52. The fourth-order valence-electron chi connectivity index (χ4n) is 1.51. The second-order valence-corrected chi connectivity index (χ2v) is 4.31. The van der Waals surface area contributed by atoms with Crippen LogP contribution in [-0.2, 0) is 4.79 Å². The molecule has 4 N–H and O–H groups in total. The molecule has 0 aliphatic heterocycles. The van der Waals surface area contributed by atoms with Crippen molar-refractivity contribution in [2.24, 2.45) is 11.7 Å². The first-order valence-corrected chi connectivity index (χ1v) is 5.67. The summed E-state index contributed by atoms with van der Waals surface area (Å²) in [5.41, 5.74) is 4.65. The molecule has 2 atom stereocenters. The van der Waals surface area contributed by atoms with E-state index in [9.17, 15) is 9.90 Å². The molecule has 0 saturated heterocycles. The number of rotatable bonds is 7. The van der Waals surface area contributed by atoms with Crippen molar-refractivity contribution in [1.29, 1.82) is 0 Å². The molecule has 0 spiro atoms. The fourth-order valence-corrected chi connectivity index (χ4v) is 1.51. The quantitative estimate of drug-likeness (QED) is 0.584. The lowest BCUT2D eigenvalue weighted by Crippen LogP contribution is -2.44. The zero-order valence-electron chi connectivity index (χ0n) is 10.0. The highest BCUT2D eigenvalue weighted by Gasteiger charge is 2.22. The lowest BCUT2D eigenvalue weighted by atomic mass is 10.00. The van der Waals surface area contributed by atoms with Gasteiger partial charge in [0, 0.05) is 19.0 Å². The molecule has 0 aromatic rings. The van der Waals surface area contributed by atoms with E-state index in [1.165, 1.54) is 0 Å². The van der Waals surface area contributed by atoms with Crippen molar-refractivity contribution in [3.8, 4) is 0 Å². The second kappa shape index (κ2) is 6.80. The number of hydrogen-bond acceptors (Lipinski definition) is 3. The van der Waals surface area contributed by atoms with E-state index in [-0.39, 0.29) is 11.8 Å². The molecule has 0 aliphatic carbocycles. The highest BCUT2D eigenvalue weighted by atomic mass is 16.3. The predicted molar refractivity (Wildman–Crippen MR) is 61.4 cm³/mol. The number of carbonyl (C=O) groups excluding carboxylic acids is 1. The molecule has 15 heavy (non-hydrogen) atoms. The first kappa shape index (κ1) is 14.4. The number of aliphatic hydroxyl groups is 1. The van der Waals surface area contributed by atoms with Crippen molar-refractivity contribution >= 4 is 5.91 Å². The summed E-state index contributed by atoms with van der Waals surface area (Å²) in [6.45, 7) is 6.33. The van der Waals surface area contributed by atoms with Gasteiger partial charge in [0.2, 0.25) is 5.91 Å². The van der Waals surface area contributed by atoms with Crippen LogP contribution in [0.1, 0.15) is 40.0 Å². The van der Waals surface area contributed by atoms with Gasteiger partial charge in [-0.25, -0.2) is 0 Å². The summed E-state index contributed by atoms with van der Waals surface area (Å²) in [5, 5.41) is 12.6. The molecule has 0 rings (SSSR count).